The van der Waals surface area contributed by atoms with Gasteiger partial charge in [-0.05, 0) is 44.9 Å². The second-order valence-corrected chi connectivity index (χ2v) is 9.46. The van der Waals surface area contributed by atoms with Crippen molar-refractivity contribution in [3.63, 3.8) is 0 Å². The molecule has 0 aliphatic carbocycles. The maximum Gasteiger partial charge on any atom is 0.213 e. The summed E-state index contributed by atoms with van der Waals surface area (Å²) in [6.45, 7) is 6.94. The van der Waals surface area contributed by atoms with Crippen molar-refractivity contribution < 1.29 is 17.9 Å². The fourth-order valence-electron chi connectivity index (χ4n) is 3.39. The average molecular weight is 405 g/mol. The number of hydrogen-bond donors (Lipinski definition) is 2. The van der Waals surface area contributed by atoms with E-state index in [1.165, 1.54) is 0 Å². The van der Waals surface area contributed by atoms with Gasteiger partial charge in [-0.25, -0.2) is 12.7 Å². The molecule has 0 bridgehead atoms. The second kappa shape index (κ2) is 11.8. The number of hydrogen-bond acceptors (Lipinski definition) is 5. The Bertz CT molecular complexity index is 542. The van der Waals surface area contributed by atoms with Crippen molar-refractivity contribution in [1.82, 2.24) is 14.9 Å². The molecule has 0 aromatic carbocycles. The molecule has 9 heteroatoms. The van der Waals surface area contributed by atoms with Gasteiger partial charge >= 0.3 is 0 Å². The van der Waals surface area contributed by atoms with E-state index in [1.54, 1.807) is 18.3 Å². The van der Waals surface area contributed by atoms with Gasteiger partial charge in [0.05, 0.1) is 5.75 Å². The number of ether oxygens (including phenoxy) is 2. The summed E-state index contributed by atoms with van der Waals surface area (Å²) in [5, 5.41) is 6.72. The highest BCUT2D eigenvalue weighted by atomic mass is 32.2. The molecule has 0 atom stereocenters. The molecule has 0 saturated carbocycles. The molecule has 2 N–H and O–H groups in total. The number of guanidine groups is 1. The lowest BCUT2D eigenvalue weighted by atomic mass is 10.0. The first-order chi connectivity index (χ1) is 13.0. The molecule has 0 aromatic rings. The lowest BCUT2D eigenvalue weighted by molar-refractivity contribution is 0.0203. The van der Waals surface area contributed by atoms with E-state index in [2.05, 4.69) is 15.6 Å². The first-order valence-electron chi connectivity index (χ1n) is 10.2. The highest BCUT2D eigenvalue weighted by molar-refractivity contribution is 7.89. The standard InChI is InChI=1S/C18H36N4O4S/c1-3-27(23,24)22-10-5-17(6-11-22)21-18(19-2)20-9-4-12-26-15-16-7-13-25-14-8-16/h16-17H,3-15H2,1-2H3,(H2,19,20,21). The molecule has 158 valence electrons. The molecule has 0 aromatic heterocycles. The summed E-state index contributed by atoms with van der Waals surface area (Å²) in [5.41, 5.74) is 0. The summed E-state index contributed by atoms with van der Waals surface area (Å²) in [5.74, 6) is 1.59. The van der Waals surface area contributed by atoms with E-state index in [9.17, 15) is 8.42 Å². The van der Waals surface area contributed by atoms with Crippen molar-refractivity contribution in [3.8, 4) is 0 Å². The van der Waals surface area contributed by atoms with Crippen molar-refractivity contribution in [1.29, 1.82) is 0 Å². The molecule has 0 unspecified atom stereocenters. The molecule has 27 heavy (non-hydrogen) atoms. The Labute approximate surface area is 164 Å². The Morgan fingerprint density at radius 1 is 1.22 bits per heavy atom. The fourth-order valence-corrected chi connectivity index (χ4v) is 4.53. The third-order valence-electron chi connectivity index (χ3n) is 5.23. The van der Waals surface area contributed by atoms with Gasteiger partial charge in [0.25, 0.3) is 0 Å². The largest absolute Gasteiger partial charge is 0.381 e. The molecule has 8 nitrogen and oxygen atoms in total. The number of sulfonamides is 1. The maximum absolute atomic E-state index is 11.9. The number of rotatable bonds is 9. The van der Waals surface area contributed by atoms with Crippen molar-refractivity contribution in [3.05, 3.63) is 0 Å². The Kier molecular flexibility index (Phi) is 9.81. The van der Waals surface area contributed by atoms with Gasteiger partial charge in [-0.3, -0.25) is 4.99 Å². The number of nitrogens with zero attached hydrogens (tertiary/aromatic N) is 2. The monoisotopic (exact) mass is 404 g/mol. The van der Waals surface area contributed by atoms with Gasteiger partial charge in [0.2, 0.25) is 10.0 Å². The van der Waals surface area contributed by atoms with Gasteiger partial charge in [-0.15, -0.1) is 0 Å². The number of piperidine rings is 1. The molecule has 2 aliphatic rings. The van der Waals surface area contributed by atoms with Crippen LogP contribution in [0.5, 0.6) is 0 Å². The maximum atomic E-state index is 11.9. The van der Waals surface area contributed by atoms with E-state index in [1.807, 2.05) is 0 Å². The average Bonchev–Trinajstić information content (AvgIpc) is 2.70. The highest BCUT2D eigenvalue weighted by Gasteiger charge is 2.26. The molecule has 0 spiro atoms. The lowest BCUT2D eigenvalue weighted by Crippen LogP contribution is -2.50. The minimum Gasteiger partial charge on any atom is -0.381 e. The molecule has 2 saturated heterocycles. The van der Waals surface area contributed by atoms with Crippen LogP contribution in [0.15, 0.2) is 4.99 Å². The third kappa shape index (κ3) is 7.93. The molecule has 0 radical (unpaired) electrons. The predicted octanol–water partition coefficient (Wildman–Crippen LogP) is 0.799. The fraction of sp³-hybridized carbons (Fsp3) is 0.944. The first kappa shape index (κ1) is 22.4. The minimum absolute atomic E-state index is 0.172. The molecule has 2 fully saturated rings. The summed E-state index contributed by atoms with van der Waals surface area (Å²) in [4.78, 5) is 4.27. The Hall–Kier alpha value is -0.900. The van der Waals surface area contributed by atoms with Crippen LogP contribution in [0.4, 0.5) is 0 Å². The Balaban J connectivity index is 1.55. The van der Waals surface area contributed by atoms with Gasteiger partial charge in [0, 0.05) is 59.2 Å². The van der Waals surface area contributed by atoms with Crippen molar-refractivity contribution in [2.45, 2.75) is 45.1 Å². The second-order valence-electron chi connectivity index (χ2n) is 7.20. The van der Waals surface area contributed by atoms with E-state index < -0.39 is 10.0 Å². The van der Waals surface area contributed by atoms with Gasteiger partial charge < -0.3 is 20.1 Å². The quantitative estimate of drug-likeness (QED) is 0.335. The van der Waals surface area contributed by atoms with E-state index in [-0.39, 0.29) is 11.8 Å². The number of nitrogens with one attached hydrogen (secondary N) is 2. The molecular formula is C18H36N4O4S. The van der Waals surface area contributed by atoms with E-state index >= 15 is 0 Å². The molecule has 2 heterocycles. The van der Waals surface area contributed by atoms with Crippen molar-refractivity contribution >= 4 is 16.0 Å². The zero-order valence-electron chi connectivity index (χ0n) is 16.8. The van der Waals surface area contributed by atoms with Crippen LogP contribution >= 0.6 is 0 Å². The van der Waals surface area contributed by atoms with E-state index in [0.717, 1.165) is 71.0 Å². The molecular weight excluding hydrogens is 368 g/mol. The zero-order valence-corrected chi connectivity index (χ0v) is 17.6. The third-order valence-corrected chi connectivity index (χ3v) is 7.11. The van der Waals surface area contributed by atoms with Gasteiger partial charge in [-0.2, -0.15) is 0 Å². The summed E-state index contributed by atoms with van der Waals surface area (Å²) in [7, 11) is -1.31. The molecule has 2 aliphatic heterocycles. The van der Waals surface area contributed by atoms with Crippen LogP contribution < -0.4 is 10.6 Å². The summed E-state index contributed by atoms with van der Waals surface area (Å²) in [6.07, 6.45) is 4.74. The van der Waals surface area contributed by atoms with Crippen LogP contribution in [0.25, 0.3) is 0 Å². The summed E-state index contributed by atoms with van der Waals surface area (Å²) >= 11 is 0. The van der Waals surface area contributed by atoms with E-state index in [4.69, 9.17) is 9.47 Å². The predicted molar refractivity (Wildman–Crippen MR) is 108 cm³/mol. The lowest BCUT2D eigenvalue weighted by Gasteiger charge is -2.32. The Morgan fingerprint density at radius 3 is 2.56 bits per heavy atom. The zero-order chi connectivity index (χ0) is 19.5. The topological polar surface area (TPSA) is 92.3 Å². The Morgan fingerprint density at radius 2 is 1.93 bits per heavy atom. The van der Waals surface area contributed by atoms with Crippen LogP contribution in [0.3, 0.4) is 0 Å². The number of aliphatic imine (C=N–C) groups is 1. The first-order valence-corrected chi connectivity index (χ1v) is 11.8. The van der Waals surface area contributed by atoms with Crippen molar-refractivity contribution in [2.24, 2.45) is 10.9 Å². The van der Waals surface area contributed by atoms with Crippen LogP contribution in [0.2, 0.25) is 0 Å². The van der Waals surface area contributed by atoms with Gasteiger partial charge in [0.1, 0.15) is 0 Å². The van der Waals surface area contributed by atoms with Gasteiger partial charge in [-0.1, -0.05) is 0 Å². The van der Waals surface area contributed by atoms with Crippen LogP contribution in [0, 0.1) is 5.92 Å². The summed E-state index contributed by atoms with van der Waals surface area (Å²) in [6, 6.07) is 0.254. The smallest absolute Gasteiger partial charge is 0.213 e. The van der Waals surface area contributed by atoms with Crippen molar-refractivity contribution in [2.75, 3.05) is 58.9 Å². The minimum atomic E-state index is -3.07. The SMILES string of the molecule is CCS(=O)(=O)N1CCC(NC(=NC)NCCCOCC2CCOCC2)CC1. The normalized spacial score (nSPS) is 21.3. The highest BCUT2D eigenvalue weighted by Crippen LogP contribution is 2.15. The van der Waals surface area contributed by atoms with E-state index in [0.29, 0.717) is 19.0 Å². The van der Waals surface area contributed by atoms with Crippen LogP contribution in [-0.2, 0) is 19.5 Å². The summed E-state index contributed by atoms with van der Waals surface area (Å²) < 4.78 is 36.6. The van der Waals surface area contributed by atoms with Crippen LogP contribution in [0.1, 0.15) is 39.0 Å². The molecule has 0 amide bonds. The van der Waals surface area contributed by atoms with Gasteiger partial charge in [0.15, 0.2) is 5.96 Å². The van der Waals surface area contributed by atoms with Crippen LogP contribution in [-0.4, -0.2) is 83.6 Å². The molecule has 2 rings (SSSR count).